The molecule has 2 aromatic rings. The molecule has 0 unspecified atom stereocenters. The summed E-state index contributed by atoms with van der Waals surface area (Å²) in [5, 5.41) is 2.58. The summed E-state index contributed by atoms with van der Waals surface area (Å²) in [4.78, 5) is 29.4. The number of rotatable bonds is 3. The summed E-state index contributed by atoms with van der Waals surface area (Å²) in [6.07, 6.45) is 1.39. The van der Waals surface area contributed by atoms with Gasteiger partial charge in [-0.2, -0.15) is 0 Å². The van der Waals surface area contributed by atoms with E-state index in [1.165, 1.54) is 13.1 Å². The zero-order valence-corrected chi connectivity index (χ0v) is 9.23. The van der Waals surface area contributed by atoms with E-state index in [1.54, 1.807) is 24.3 Å². The maximum atomic E-state index is 11.7. The molecule has 1 aromatic carbocycles. The Morgan fingerprint density at radius 2 is 1.94 bits per heavy atom. The number of anilines is 1. The van der Waals surface area contributed by atoms with Crippen LogP contribution in [-0.4, -0.2) is 21.7 Å². The van der Waals surface area contributed by atoms with Crippen LogP contribution in [0.4, 0.5) is 5.95 Å². The van der Waals surface area contributed by atoms with Gasteiger partial charge in [-0.15, -0.1) is 0 Å². The molecular weight excluding hydrogens is 218 g/mol. The summed E-state index contributed by atoms with van der Waals surface area (Å²) in [5.74, 6) is -0.128. The lowest BCUT2D eigenvalue weighted by molar-refractivity contribution is 0.100. The number of carbonyl (C=O) groups excluding carboxylic acids is 2. The van der Waals surface area contributed by atoms with Gasteiger partial charge >= 0.3 is 0 Å². The van der Waals surface area contributed by atoms with E-state index in [4.69, 9.17) is 0 Å². The van der Waals surface area contributed by atoms with Crippen LogP contribution in [0, 0.1) is 0 Å². The third kappa shape index (κ3) is 2.57. The molecule has 0 aliphatic heterocycles. The second-order valence-corrected chi connectivity index (χ2v) is 3.52. The lowest BCUT2D eigenvalue weighted by Gasteiger charge is -2.00. The van der Waals surface area contributed by atoms with Crippen LogP contribution in [0.25, 0.3) is 0 Å². The van der Waals surface area contributed by atoms with Crippen LogP contribution in [0.2, 0.25) is 0 Å². The Labute approximate surface area is 97.9 Å². The number of nitrogens with zero attached hydrogens (tertiary/aromatic N) is 1. The smallest absolute Gasteiger partial charge is 0.257 e. The fourth-order valence-electron chi connectivity index (χ4n) is 1.33. The number of benzene rings is 1. The lowest BCUT2D eigenvalue weighted by atomic mass is 10.2. The van der Waals surface area contributed by atoms with Crippen molar-refractivity contribution < 1.29 is 9.59 Å². The summed E-state index contributed by atoms with van der Waals surface area (Å²) < 4.78 is 0. The zero-order valence-electron chi connectivity index (χ0n) is 9.23. The number of amides is 1. The maximum Gasteiger partial charge on any atom is 0.257 e. The highest BCUT2D eigenvalue weighted by Crippen LogP contribution is 2.06. The highest BCUT2D eigenvalue weighted by Gasteiger charge is 2.09. The number of imidazole rings is 1. The average Bonchev–Trinajstić information content (AvgIpc) is 2.79. The monoisotopic (exact) mass is 229 g/mol. The number of hydrogen-bond donors (Lipinski definition) is 2. The number of nitrogens with one attached hydrogen (secondary N) is 2. The van der Waals surface area contributed by atoms with Gasteiger partial charge in [-0.05, 0) is 12.1 Å². The van der Waals surface area contributed by atoms with Crippen molar-refractivity contribution in [2.75, 3.05) is 5.32 Å². The van der Waals surface area contributed by atoms with Gasteiger partial charge in [0.25, 0.3) is 5.91 Å². The molecule has 0 bridgehead atoms. The van der Waals surface area contributed by atoms with Gasteiger partial charge in [0.2, 0.25) is 5.95 Å². The molecule has 0 saturated carbocycles. The number of aromatic amines is 1. The fourth-order valence-corrected chi connectivity index (χ4v) is 1.33. The van der Waals surface area contributed by atoms with Crippen molar-refractivity contribution in [2.24, 2.45) is 0 Å². The third-order valence-corrected chi connectivity index (χ3v) is 2.22. The molecule has 1 amide bonds. The predicted octanol–water partition coefficient (Wildman–Crippen LogP) is 1.86. The molecule has 5 nitrogen and oxygen atoms in total. The van der Waals surface area contributed by atoms with E-state index in [9.17, 15) is 9.59 Å². The van der Waals surface area contributed by atoms with Gasteiger partial charge in [-0.25, -0.2) is 4.98 Å². The summed E-state index contributed by atoms with van der Waals surface area (Å²) in [7, 11) is 0. The largest absolute Gasteiger partial charge is 0.321 e. The van der Waals surface area contributed by atoms with Crippen molar-refractivity contribution >= 4 is 17.6 Å². The van der Waals surface area contributed by atoms with Gasteiger partial charge in [0, 0.05) is 12.5 Å². The highest BCUT2D eigenvalue weighted by molar-refractivity contribution is 6.03. The second kappa shape index (κ2) is 4.61. The standard InChI is InChI=1S/C12H11N3O2/c1-8(16)10-7-13-12(14-10)15-11(17)9-5-3-2-4-6-9/h2-7H,1H3,(H2,13,14,15,17). The van der Waals surface area contributed by atoms with E-state index in [1.807, 2.05) is 6.07 Å². The first-order valence-corrected chi connectivity index (χ1v) is 5.09. The minimum atomic E-state index is -0.268. The SMILES string of the molecule is CC(=O)c1cnc(NC(=O)c2ccccc2)[nH]1. The first-order chi connectivity index (χ1) is 8.16. The number of Topliss-reactive ketones (excluding diaryl/α,β-unsaturated/α-hetero) is 1. The molecule has 1 heterocycles. The normalized spacial score (nSPS) is 9.94. The van der Waals surface area contributed by atoms with Crippen molar-refractivity contribution in [2.45, 2.75) is 6.92 Å². The van der Waals surface area contributed by atoms with Gasteiger partial charge in [-0.3, -0.25) is 14.9 Å². The second-order valence-electron chi connectivity index (χ2n) is 3.52. The van der Waals surface area contributed by atoms with Crippen LogP contribution >= 0.6 is 0 Å². The third-order valence-electron chi connectivity index (χ3n) is 2.22. The number of ketones is 1. The molecule has 0 saturated heterocycles. The molecule has 0 atom stereocenters. The van der Waals surface area contributed by atoms with Gasteiger partial charge < -0.3 is 4.98 Å². The van der Waals surface area contributed by atoms with E-state index in [2.05, 4.69) is 15.3 Å². The predicted molar refractivity (Wildman–Crippen MR) is 63.0 cm³/mol. The minimum absolute atomic E-state index is 0.127. The molecule has 0 aliphatic carbocycles. The van der Waals surface area contributed by atoms with Crippen molar-refractivity contribution in [3.8, 4) is 0 Å². The Morgan fingerprint density at radius 1 is 1.24 bits per heavy atom. The topological polar surface area (TPSA) is 74.8 Å². The van der Waals surface area contributed by atoms with Crippen LogP contribution in [-0.2, 0) is 0 Å². The Bertz CT molecular complexity index is 546. The molecule has 17 heavy (non-hydrogen) atoms. The molecule has 0 spiro atoms. The van der Waals surface area contributed by atoms with Crippen molar-refractivity contribution in [3.63, 3.8) is 0 Å². The van der Waals surface area contributed by atoms with Crippen LogP contribution in [0.3, 0.4) is 0 Å². The highest BCUT2D eigenvalue weighted by atomic mass is 16.2. The molecule has 2 rings (SSSR count). The van der Waals surface area contributed by atoms with Crippen molar-refractivity contribution in [3.05, 3.63) is 47.8 Å². The van der Waals surface area contributed by atoms with E-state index >= 15 is 0 Å². The number of aromatic nitrogens is 2. The Morgan fingerprint density at radius 3 is 2.53 bits per heavy atom. The molecule has 86 valence electrons. The number of H-pyrrole nitrogens is 1. The number of hydrogen-bond acceptors (Lipinski definition) is 3. The molecule has 0 fully saturated rings. The Balaban J connectivity index is 2.11. The van der Waals surface area contributed by atoms with Crippen LogP contribution in [0.5, 0.6) is 0 Å². The van der Waals surface area contributed by atoms with Gasteiger partial charge in [0.1, 0.15) is 5.69 Å². The summed E-state index contributed by atoms with van der Waals surface area (Å²) in [5.41, 5.74) is 0.904. The quantitative estimate of drug-likeness (QED) is 0.789. The molecule has 1 aromatic heterocycles. The molecule has 0 radical (unpaired) electrons. The molecule has 2 N–H and O–H groups in total. The molecule has 0 aliphatic rings. The van der Waals surface area contributed by atoms with Crippen LogP contribution in [0.15, 0.2) is 36.5 Å². The summed E-state index contributed by atoms with van der Waals surface area (Å²) in [6, 6.07) is 8.78. The Kier molecular flexibility index (Phi) is 3.00. The maximum absolute atomic E-state index is 11.7. The van der Waals surface area contributed by atoms with Crippen LogP contribution < -0.4 is 5.32 Å². The van der Waals surface area contributed by atoms with Crippen molar-refractivity contribution in [1.29, 1.82) is 0 Å². The van der Waals surface area contributed by atoms with Gasteiger partial charge in [-0.1, -0.05) is 18.2 Å². The lowest BCUT2D eigenvalue weighted by Crippen LogP contribution is -2.12. The van der Waals surface area contributed by atoms with E-state index in [-0.39, 0.29) is 17.6 Å². The first-order valence-electron chi connectivity index (χ1n) is 5.09. The van der Waals surface area contributed by atoms with E-state index in [0.717, 1.165) is 0 Å². The van der Waals surface area contributed by atoms with Crippen LogP contribution in [0.1, 0.15) is 27.8 Å². The first kappa shape index (κ1) is 11.1. The average molecular weight is 229 g/mol. The molecular formula is C12H11N3O2. The van der Waals surface area contributed by atoms with Gasteiger partial charge in [0.05, 0.1) is 6.20 Å². The van der Waals surface area contributed by atoms with E-state index < -0.39 is 0 Å². The Hall–Kier alpha value is -2.43. The fraction of sp³-hybridized carbons (Fsp3) is 0.0833. The van der Waals surface area contributed by atoms with Gasteiger partial charge in [0.15, 0.2) is 5.78 Å². The summed E-state index contributed by atoms with van der Waals surface area (Å²) in [6.45, 7) is 1.43. The minimum Gasteiger partial charge on any atom is -0.321 e. The zero-order chi connectivity index (χ0) is 12.3. The molecule has 5 heteroatoms. The van der Waals surface area contributed by atoms with E-state index in [0.29, 0.717) is 11.3 Å². The van der Waals surface area contributed by atoms with Crippen molar-refractivity contribution in [1.82, 2.24) is 9.97 Å². The summed E-state index contributed by atoms with van der Waals surface area (Å²) >= 11 is 0. The number of carbonyl (C=O) groups is 2.